The molecule has 0 aliphatic heterocycles. The van der Waals surface area contributed by atoms with Crippen LogP contribution in [0.3, 0.4) is 0 Å². The van der Waals surface area contributed by atoms with E-state index in [-0.39, 0.29) is 35.8 Å². The molecule has 0 radical (unpaired) electrons. The van der Waals surface area contributed by atoms with Gasteiger partial charge in [0.25, 0.3) is 11.4 Å². The molecule has 30 heavy (non-hydrogen) atoms. The van der Waals surface area contributed by atoms with Crippen molar-refractivity contribution in [3.8, 4) is 22.2 Å². The van der Waals surface area contributed by atoms with Gasteiger partial charge >= 0.3 is 0 Å². The van der Waals surface area contributed by atoms with Crippen molar-refractivity contribution in [2.75, 3.05) is 0 Å². The lowest BCUT2D eigenvalue weighted by atomic mass is 10.2. The van der Waals surface area contributed by atoms with Gasteiger partial charge in [0.15, 0.2) is 0 Å². The molecule has 1 amide bonds. The number of carbonyl (C=O) groups excluding carboxylic acids is 1. The van der Waals surface area contributed by atoms with Crippen LogP contribution in [0.1, 0.15) is 19.4 Å². The summed E-state index contributed by atoms with van der Waals surface area (Å²) in [7, 11) is 0. The van der Waals surface area contributed by atoms with Crippen molar-refractivity contribution in [1.29, 1.82) is 0 Å². The first-order valence-electron chi connectivity index (χ1n) is 9.21. The number of aromatic nitrogens is 4. The first kappa shape index (κ1) is 19.9. The zero-order valence-corrected chi connectivity index (χ0v) is 17.3. The minimum absolute atomic E-state index is 0.0211. The summed E-state index contributed by atoms with van der Waals surface area (Å²) in [5, 5.41) is 7.12. The number of thiophene rings is 1. The average molecular weight is 427 g/mol. The number of fused-ring (bicyclic) bond motifs is 1. The van der Waals surface area contributed by atoms with E-state index >= 15 is 0 Å². The lowest BCUT2D eigenvalue weighted by molar-refractivity contribution is -0.122. The quantitative estimate of drug-likeness (QED) is 0.525. The Kier molecular flexibility index (Phi) is 5.17. The minimum atomic E-state index is -0.354. The number of hydrogen-bond donors (Lipinski definition) is 1. The molecule has 0 atom stereocenters. The van der Waals surface area contributed by atoms with Crippen LogP contribution in [0.2, 0.25) is 0 Å². The third kappa shape index (κ3) is 3.73. The molecular formula is C20H18FN5O3S. The lowest BCUT2D eigenvalue weighted by Gasteiger charge is -2.09. The van der Waals surface area contributed by atoms with E-state index in [9.17, 15) is 14.0 Å². The van der Waals surface area contributed by atoms with Crippen molar-refractivity contribution in [3.63, 3.8) is 0 Å². The molecule has 0 aliphatic rings. The standard InChI is InChI=1S/C20H18FN5O3S/c1-10(2)23-14(27)8-26-9-22-19-15(20(26)28)11(3)16(30-19)18-24-17(25-29-18)12-4-6-13(21)7-5-12/h4-7,9-10H,8H2,1-3H3,(H,23,27). The highest BCUT2D eigenvalue weighted by atomic mass is 32.1. The summed E-state index contributed by atoms with van der Waals surface area (Å²) in [6, 6.07) is 5.73. The molecule has 0 unspecified atom stereocenters. The predicted octanol–water partition coefficient (Wildman–Crippen LogP) is 3.15. The van der Waals surface area contributed by atoms with Gasteiger partial charge in [-0.15, -0.1) is 11.3 Å². The van der Waals surface area contributed by atoms with E-state index in [4.69, 9.17) is 4.52 Å². The van der Waals surface area contributed by atoms with Crippen molar-refractivity contribution >= 4 is 27.5 Å². The van der Waals surface area contributed by atoms with Crippen molar-refractivity contribution in [2.45, 2.75) is 33.4 Å². The maximum absolute atomic E-state index is 13.1. The summed E-state index contributed by atoms with van der Waals surface area (Å²) in [4.78, 5) is 34.8. The van der Waals surface area contributed by atoms with E-state index in [1.807, 2.05) is 13.8 Å². The molecule has 0 bridgehead atoms. The van der Waals surface area contributed by atoms with Gasteiger partial charge in [0.2, 0.25) is 11.7 Å². The number of benzene rings is 1. The Balaban J connectivity index is 1.70. The number of nitrogens with zero attached hydrogens (tertiary/aromatic N) is 4. The van der Waals surface area contributed by atoms with E-state index in [0.29, 0.717) is 32.0 Å². The molecule has 10 heteroatoms. The largest absolute Gasteiger partial charge is 0.352 e. The second-order valence-electron chi connectivity index (χ2n) is 7.07. The van der Waals surface area contributed by atoms with Crippen LogP contribution in [-0.4, -0.2) is 31.6 Å². The highest BCUT2D eigenvalue weighted by molar-refractivity contribution is 7.22. The zero-order chi connectivity index (χ0) is 21.4. The summed E-state index contributed by atoms with van der Waals surface area (Å²) in [6.45, 7) is 5.36. The van der Waals surface area contributed by atoms with Gasteiger partial charge in [0.05, 0.1) is 16.6 Å². The summed E-state index contributed by atoms with van der Waals surface area (Å²) in [6.07, 6.45) is 1.36. The average Bonchev–Trinajstić information content (AvgIpc) is 3.29. The van der Waals surface area contributed by atoms with Crippen molar-refractivity contribution < 1.29 is 13.7 Å². The number of halogens is 1. The van der Waals surface area contributed by atoms with Crippen molar-refractivity contribution in [1.82, 2.24) is 25.0 Å². The van der Waals surface area contributed by atoms with Crippen LogP contribution in [0.15, 0.2) is 39.9 Å². The third-order valence-electron chi connectivity index (χ3n) is 4.40. The summed E-state index contributed by atoms with van der Waals surface area (Å²) >= 11 is 1.26. The van der Waals surface area contributed by atoms with Crippen LogP contribution >= 0.6 is 11.3 Å². The number of hydrogen-bond acceptors (Lipinski definition) is 7. The van der Waals surface area contributed by atoms with Crippen LogP contribution in [0.25, 0.3) is 32.4 Å². The Morgan fingerprint density at radius 3 is 2.73 bits per heavy atom. The van der Waals surface area contributed by atoms with Crippen LogP contribution in [-0.2, 0) is 11.3 Å². The third-order valence-corrected chi connectivity index (χ3v) is 5.59. The van der Waals surface area contributed by atoms with Crippen LogP contribution in [0.4, 0.5) is 4.39 Å². The topological polar surface area (TPSA) is 103 Å². The molecule has 0 spiro atoms. The van der Waals surface area contributed by atoms with Gasteiger partial charge in [-0.05, 0) is 50.6 Å². The Morgan fingerprint density at radius 2 is 2.03 bits per heavy atom. The Morgan fingerprint density at radius 1 is 1.30 bits per heavy atom. The SMILES string of the molecule is Cc1c(-c2nc(-c3ccc(F)cc3)no2)sc2ncn(CC(=O)NC(C)C)c(=O)c12. The monoisotopic (exact) mass is 427 g/mol. The molecule has 0 saturated heterocycles. The number of nitrogens with one attached hydrogen (secondary N) is 1. The Labute approximate surface area is 174 Å². The van der Waals surface area contributed by atoms with E-state index < -0.39 is 0 Å². The Hall–Kier alpha value is -3.40. The van der Waals surface area contributed by atoms with E-state index in [0.717, 1.165) is 0 Å². The maximum Gasteiger partial charge on any atom is 0.268 e. The first-order chi connectivity index (χ1) is 14.3. The molecule has 1 aromatic carbocycles. The van der Waals surface area contributed by atoms with Crippen molar-refractivity contribution in [2.24, 2.45) is 0 Å². The molecular weight excluding hydrogens is 409 g/mol. The molecule has 154 valence electrons. The van der Waals surface area contributed by atoms with Gasteiger partial charge in [0, 0.05) is 11.6 Å². The molecule has 3 heterocycles. The molecule has 8 nitrogen and oxygen atoms in total. The van der Waals surface area contributed by atoms with Crippen LogP contribution < -0.4 is 10.9 Å². The second kappa shape index (κ2) is 7.79. The summed E-state index contributed by atoms with van der Waals surface area (Å²) < 4.78 is 19.8. The van der Waals surface area contributed by atoms with Gasteiger partial charge in [-0.2, -0.15) is 4.98 Å². The first-order valence-corrected chi connectivity index (χ1v) is 10.0. The van der Waals surface area contributed by atoms with Gasteiger partial charge in [-0.25, -0.2) is 9.37 Å². The van der Waals surface area contributed by atoms with Gasteiger partial charge in [0.1, 0.15) is 17.2 Å². The predicted molar refractivity (Wildman–Crippen MR) is 111 cm³/mol. The van der Waals surface area contributed by atoms with E-state index in [1.54, 1.807) is 19.1 Å². The fourth-order valence-electron chi connectivity index (χ4n) is 3.03. The molecule has 3 aromatic heterocycles. The highest BCUT2D eigenvalue weighted by Gasteiger charge is 2.21. The highest BCUT2D eigenvalue weighted by Crippen LogP contribution is 2.35. The minimum Gasteiger partial charge on any atom is -0.352 e. The molecule has 1 N–H and O–H groups in total. The number of carbonyl (C=O) groups is 1. The van der Waals surface area contributed by atoms with Crippen LogP contribution in [0.5, 0.6) is 0 Å². The molecule has 0 aliphatic carbocycles. The Bertz CT molecular complexity index is 1290. The number of aryl methyl sites for hydroxylation is 1. The van der Waals surface area contributed by atoms with E-state index in [1.165, 1.54) is 34.4 Å². The molecule has 4 rings (SSSR count). The maximum atomic E-state index is 13.1. The number of rotatable bonds is 5. The molecule has 0 fully saturated rings. The fraction of sp³-hybridized carbons (Fsp3) is 0.250. The molecule has 0 saturated carbocycles. The lowest BCUT2D eigenvalue weighted by Crippen LogP contribution is -2.36. The smallest absolute Gasteiger partial charge is 0.268 e. The summed E-state index contributed by atoms with van der Waals surface area (Å²) in [5.41, 5.74) is 0.958. The van der Waals surface area contributed by atoms with Gasteiger partial charge < -0.3 is 9.84 Å². The normalized spacial score (nSPS) is 11.4. The van der Waals surface area contributed by atoms with Gasteiger partial charge in [-0.3, -0.25) is 14.2 Å². The van der Waals surface area contributed by atoms with E-state index in [2.05, 4.69) is 20.4 Å². The summed E-state index contributed by atoms with van der Waals surface area (Å²) in [5.74, 6) is -0.0506. The zero-order valence-electron chi connectivity index (χ0n) is 16.5. The van der Waals surface area contributed by atoms with Gasteiger partial charge in [-0.1, -0.05) is 5.16 Å². The second-order valence-corrected chi connectivity index (χ2v) is 8.07. The number of amides is 1. The fourth-order valence-corrected chi connectivity index (χ4v) is 4.09. The van der Waals surface area contributed by atoms with Crippen molar-refractivity contribution in [3.05, 3.63) is 52.3 Å². The van der Waals surface area contributed by atoms with Crippen LogP contribution in [0, 0.1) is 12.7 Å². The molecule has 4 aromatic rings.